The first-order chi connectivity index (χ1) is 8.54. The zero-order valence-electron chi connectivity index (χ0n) is 11.7. The zero-order chi connectivity index (χ0) is 13.6. The maximum atomic E-state index is 12.6. The highest BCUT2D eigenvalue weighted by molar-refractivity contribution is 5.82. The van der Waals surface area contributed by atoms with Gasteiger partial charge in [-0.15, -0.1) is 13.2 Å². The Morgan fingerprint density at radius 3 is 2.44 bits per heavy atom. The van der Waals surface area contributed by atoms with Crippen molar-refractivity contribution in [1.29, 1.82) is 0 Å². The number of nitrogens with one attached hydrogen (secondary N) is 1. The van der Waals surface area contributed by atoms with E-state index in [4.69, 9.17) is 0 Å². The molecule has 0 spiro atoms. The summed E-state index contributed by atoms with van der Waals surface area (Å²) in [5, 5.41) is 3.39. The first kappa shape index (κ1) is 15.0. The number of hydrogen-bond donors (Lipinski definition) is 1. The van der Waals surface area contributed by atoms with Crippen LogP contribution >= 0.6 is 0 Å². The molecule has 1 fully saturated rings. The molecule has 1 unspecified atom stereocenters. The van der Waals surface area contributed by atoms with Gasteiger partial charge in [0.15, 0.2) is 0 Å². The van der Waals surface area contributed by atoms with E-state index in [-0.39, 0.29) is 11.3 Å². The summed E-state index contributed by atoms with van der Waals surface area (Å²) < 4.78 is 0. The minimum Gasteiger partial charge on any atom is -0.335 e. The summed E-state index contributed by atoms with van der Waals surface area (Å²) in [6, 6.07) is 0. The van der Waals surface area contributed by atoms with Crippen molar-refractivity contribution in [1.82, 2.24) is 10.2 Å². The second-order valence-electron chi connectivity index (χ2n) is 5.55. The van der Waals surface area contributed by atoms with Gasteiger partial charge in [-0.2, -0.15) is 0 Å². The average molecular weight is 250 g/mol. The smallest absolute Gasteiger partial charge is 0.229 e. The van der Waals surface area contributed by atoms with Crippen molar-refractivity contribution in [3.63, 3.8) is 0 Å². The summed E-state index contributed by atoms with van der Waals surface area (Å²) >= 11 is 0. The van der Waals surface area contributed by atoms with Gasteiger partial charge in [0.05, 0.1) is 0 Å². The topological polar surface area (TPSA) is 32.3 Å². The predicted octanol–water partition coefficient (Wildman–Crippen LogP) is 2.21. The Kier molecular flexibility index (Phi) is 5.60. The van der Waals surface area contributed by atoms with Gasteiger partial charge in [0.25, 0.3) is 0 Å². The number of amides is 1. The van der Waals surface area contributed by atoms with Crippen molar-refractivity contribution >= 4 is 5.91 Å². The second kappa shape index (κ2) is 6.74. The molecule has 1 atom stereocenters. The van der Waals surface area contributed by atoms with E-state index in [1.54, 1.807) is 12.2 Å². The monoisotopic (exact) mass is 250 g/mol. The molecule has 1 aliphatic rings. The van der Waals surface area contributed by atoms with E-state index in [1.807, 2.05) is 4.90 Å². The van der Waals surface area contributed by atoms with Crippen molar-refractivity contribution < 1.29 is 4.79 Å². The molecule has 3 heteroatoms. The molecule has 3 nitrogen and oxygen atoms in total. The summed E-state index contributed by atoms with van der Waals surface area (Å²) in [7, 11) is 0. The molecule has 0 aliphatic carbocycles. The first-order valence-corrected chi connectivity index (χ1v) is 6.76. The molecule has 1 rings (SSSR count). The van der Waals surface area contributed by atoms with Crippen LogP contribution in [0.25, 0.3) is 0 Å². The Morgan fingerprint density at radius 1 is 1.39 bits per heavy atom. The van der Waals surface area contributed by atoms with Gasteiger partial charge in [-0.1, -0.05) is 26.0 Å². The second-order valence-corrected chi connectivity index (χ2v) is 5.55. The lowest BCUT2D eigenvalue weighted by Crippen LogP contribution is -2.49. The zero-order valence-corrected chi connectivity index (χ0v) is 11.7. The third-order valence-corrected chi connectivity index (χ3v) is 3.85. The lowest BCUT2D eigenvalue weighted by molar-refractivity contribution is -0.142. The number of hydrogen-bond acceptors (Lipinski definition) is 2. The van der Waals surface area contributed by atoms with Gasteiger partial charge in [-0.05, 0) is 31.8 Å². The molecule has 1 saturated heterocycles. The maximum absolute atomic E-state index is 12.6. The SMILES string of the molecule is C=CCN(CC=C)C(=O)C(C)(C)C1CCCNC1. The molecule has 102 valence electrons. The van der Waals surface area contributed by atoms with Gasteiger partial charge in [0.1, 0.15) is 0 Å². The van der Waals surface area contributed by atoms with E-state index >= 15 is 0 Å². The number of carbonyl (C=O) groups excluding carboxylic acids is 1. The van der Waals surface area contributed by atoms with Crippen LogP contribution in [0.5, 0.6) is 0 Å². The Hall–Kier alpha value is -1.09. The molecule has 0 saturated carbocycles. The molecular formula is C15H26N2O. The fourth-order valence-corrected chi connectivity index (χ4v) is 2.60. The molecule has 18 heavy (non-hydrogen) atoms. The number of carbonyl (C=O) groups is 1. The number of rotatable bonds is 6. The number of piperidine rings is 1. The fourth-order valence-electron chi connectivity index (χ4n) is 2.60. The Bertz CT molecular complexity index is 294. The van der Waals surface area contributed by atoms with Gasteiger partial charge < -0.3 is 10.2 Å². The van der Waals surface area contributed by atoms with E-state index in [0.29, 0.717) is 19.0 Å². The molecule has 0 aromatic heterocycles. The van der Waals surface area contributed by atoms with Gasteiger partial charge >= 0.3 is 0 Å². The highest BCUT2D eigenvalue weighted by Gasteiger charge is 2.39. The summed E-state index contributed by atoms with van der Waals surface area (Å²) in [4.78, 5) is 14.5. The molecule has 1 N–H and O–H groups in total. The Morgan fingerprint density at radius 2 is 2.00 bits per heavy atom. The molecule has 1 amide bonds. The van der Waals surface area contributed by atoms with Gasteiger partial charge in [0, 0.05) is 18.5 Å². The fraction of sp³-hybridized carbons (Fsp3) is 0.667. The van der Waals surface area contributed by atoms with Crippen LogP contribution in [0.15, 0.2) is 25.3 Å². The van der Waals surface area contributed by atoms with Crippen LogP contribution in [-0.2, 0) is 4.79 Å². The average Bonchev–Trinajstić information content (AvgIpc) is 2.38. The molecule has 1 aliphatic heterocycles. The third-order valence-electron chi connectivity index (χ3n) is 3.85. The summed E-state index contributed by atoms with van der Waals surface area (Å²) in [6.45, 7) is 14.8. The molecule has 1 heterocycles. The van der Waals surface area contributed by atoms with Crippen LogP contribution < -0.4 is 5.32 Å². The normalized spacial score (nSPS) is 20.2. The van der Waals surface area contributed by atoms with Crippen LogP contribution in [-0.4, -0.2) is 37.0 Å². The lowest BCUT2D eigenvalue weighted by Gasteiger charge is -2.39. The molecular weight excluding hydrogens is 224 g/mol. The standard InChI is InChI=1S/C15H26N2O/c1-5-10-17(11-6-2)14(18)15(3,4)13-8-7-9-16-12-13/h5-6,13,16H,1-2,7-12H2,3-4H3. The van der Waals surface area contributed by atoms with E-state index in [0.717, 1.165) is 25.9 Å². The largest absolute Gasteiger partial charge is 0.335 e. The molecule has 0 aromatic rings. The number of nitrogens with zero attached hydrogens (tertiary/aromatic N) is 1. The third kappa shape index (κ3) is 3.45. The van der Waals surface area contributed by atoms with Crippen molar-refractivity contribution in [2.75, 3.05) is 26.2 Å². The van der Waals surface area contributed by atoms with E-state index in [1.165, 1.54) is 0 Å². The van der Waals surface area contributed by atoms with Gasteiger partial charge in [-0.25, -0.2) is 0 Å². The van der Waals surface area contributed by atoms with Gasteiger partial charge in [0.2, 0.25) is 5.91 Å². The molecule has 0 bridgehead atoms. The quantitative estimate of drug-likeness (QED) is 0.733. The van der Waals surface area contributed by atoms with Crippen molar-refractivity contribution in [3.8, 4) is 0 Å². The summed E-state index contributed by atoms with van der Waals surface area (Å²) in [5.41, 5.74) is -0.320. The maximum Gasteiger partial charge on any atom is 0.229 e. The van der Waals surface area contributed by atoms with E-state index < -0.39 is 0 Å². The Labute approximate surface area is 111 Å². The Balaban J connectivity index is 2.76. The summed E-state index contributed by atoms with van der Waals surface area (Å²) in [5.74, 6) is 0.617. The van der Waals surface area contributed by atoms with Gasteiger partial charge in [-0.3, -0.25) is 4.79 Å². The lowest BCUT2D eigenvalue weighted by atomic mass is 9.74. The molecule has 0 aromatic carbocycles. The van der Waals surface area contributed by atoms with Crippen molar-refractivity contribution in [2.24, 2.45) is 11.3 Å². The minimum atomic E-state index is -0.320. The highest BCUT2D eigenvalue weighted by Crippen LogP contribution is 2.33. The first-order valence-electron chi connectivity index (χ1n) is 6.76. The van der Waals surface area contributed by atoms with Crippen LogP contribution in [0.1, 0.15) is 26.7 Å². The van der Waals surface area contributed by atoms with Crippen LogP contribution in [0, 0.1) is 11.3 Å². The highest BCUT2D eigenvalue weighted by atomic mass is 16.2. The van der Waals surface area contributed by atoms with Crippen molar-refractivity contribution in [3.05, 3.63) is 25.3 Å². The summed E-state index contributed by atoms with van der Waals surface area (Å²) in [6.07, 6.45) is 5.83. The van der Waals surface area contributed by atoms with Crippen LogP contribution in [0.3, 0.4) is 0 Å². The molecule has 0 radical (unpaired) electrons. The predicted molar refractivity (Wildman–Crippen MR) is 76.3 cm³/mol. The van der Waals surface area contributed by atoms with Crippen LogP contribution in [0.4, 0.5) is 0 Å². The van der Waals surface area contributed by atoms with Crippen molar-refractivity contribution in [2.45, 2.75) is 26.7 Å². The van der Waals surface area contributed by atoms with Crippen LogP contribution in [0.2, 0.25) is 0 Å². The minimum absolute atomic E-state index is 0.205. The van der Waals surface area contributed by atoms with E-state index in [9.17, 15) is 4.79 Å². The van der Waals surface area contributed by atoms with E-state index in [2.05, 4.69) is 32.3 Å².